The van der Waals surface area contributed by atoms with Gasteiger partial charge in [-0.1, -0.05) is 18.2 Å². The van der Waals surface area contributed by atoms with Crippen molar-refractivity contribution in [2.75, 3.05) is 57.6 Å². The zero-order chi connectivity index (χ0) is 27.2. The summed E-state index contributed by atoms with van der Waals surface area (Å²) in [5, 5.41) is 24.3. The smallest absolute Gasteiger partial charge is 0.377 e. The predicted octanol–water partition coefficient (Wildman–Crippen LogP) is 2.88. The summed E-state index contributed by atoms with van der Waals surface area (Å²) in [4.78, 5) is 14.8. The van der Waals surface area contributed by atoms with Crippen molar-refractivity contribution in [3.05, 3.63) is 47.5 Å². The van der Waals surface area contributed by atoms with Crippen LogP contribution in [0.3, 0.4) is 0 Å². The van der Waals surface area contributed by atoms with Crippen LogP contribution in [0.15, 0.2) is 42.0 Å². The van der Waals surface area contributed by atoms with Gasteiger partial charge in [-0.2, -0.15) is 5.26 Å². The fraction of sp³-hybridized carbons (Fsp3) is 0.440. The molecule has 1 unspecified atom stereocenters. The van der Waals surface area contributed by atoms with Crippen molar-refractivity contribution in [2.45, 2.75) is 19.3 Å². The minimum Gasteiger partial charge on any atom is -0.377 e. The first-order chi connectivity index (χ1) is 18.5. The molecular weight excluding hydrogens is 513 g/mol. The average Bonchev–Trinajstić information content (AvgIpc) is 2.96. The lowest BCUT2D eigenvalue weighted by atomic mass is 10.0. The molecule has 206 valence electrons. The number of carbonyl (C=O) groups is 1. The van der Waals surface area contributed by atoms with Crippen molar-refractivity contribution in [2.24, 2.45) is 5.90 Å². The van der Waals surface area contributed by atoms with E-state index in [-0.39, 0.29) is 45.2 Å². The van der Waals surface area contributed by atoms with Gasteiger partial charge in [-0.3, -0.25) is 9.32 Å². The first-order valence-corrected chi connectivity index (χ1v) is 13.9. The molecule has 3 rings (SSSR count). The Morgan fingerprint density at radius 2 is 1.74 bits per heavy atom. The van der Waals surface area contributed by atoms with Crippen molar-refractivity contribution >= 4 is 36.2 Å². The Labute approximate surface area is 221 Å². The molecule has 0 aliphatic carbocycles. The second-order valence-electron chi connectivity index (χ2n) is 8.53. The quantitative estimate of drug-likeness (QED) is 0.0850. The van der Waals surface area contributed by atoms with E-state index in [1.165, 1.54) is 30.2 Å². The molecule has 5 N–H and O–H groups in total. The lowest BCUT2D eigenvalue weighted by molar-refractivity contribution is -0.117. The highest BCUT2D eigenvalue weighted by Crippen LogP contribution is 2.40. The number of piperidine rings is 1. The Hall–Kier alpha value is -2.85. The van der Waals surface area contributed by atoms with E-state index in [9.17, 15) is 14.6 Å². The lowest BCUT2D eigenvalue weighted by Gasteiger charge is -2.29. The molecule has 0 bridgehead atoms. The summed E-state index contributed by atoms with van der Waals surface area (Å²) in [6.07, 6.45) is 5.31. The van der Waals surface area contributed by atoms with Crippen LogP contribution in [0.2, 0.25) is 0 Å². The molecule has 0 saturated carbocycles. The van der Waals surface area contributed by atoms with E-state index >= 15 is 0 Å². The largest absolute Gasteiger partial charge is 0.444 e. The highest BCUT2D eigenvalue weighted by Gasteiger charge is 2.22. The Morgan fingerprint density at radius 3 is 2.45 bits per heavy atom. The third-order valence-corrected chi connectivity index (χ3v) is 6.94. The number of nitrogens with zero attached hydrogens (tertiary/aromatic N) is 2. The molecule has 38 heavy (non-hydrogen) atoms. The molecule has 0 radical (unpaired) electrons. The second kappa shape index (κ2) is 15.5. The number of nitriles is 1. The summed E-state index contributed by atoms with van der Waals surface area (Å²) >= 11 is 0. The van der Waals surface area contributed by atoms with E-state index in [0.29, 0.717) is 0 Å². The summed E-state index contributed by atoms with van der Waals surface area (Å²) in [6, 6.07) is 14.2. The highest BCUT2D eigenvalue weighted by molar-refractivity contribution is 7.51. The molecule has 13 heteroatoms. The van der Waals surface area contributed by atoms with Crippen molar-refractivity contribution in [3.63, 3.8) is 0 Å². The third kappa shape index (κ3) is 9.16. The molecule has 2 aromatic carbocycles. The van der Waals surface area contributed by atoms with Crippen molar-refractivity contribution in [3.8, 4) is 6.07 Å². The van der Waals surface area contributed by atoms with E-state index < -0.39 is 13.7 Å². The number of anilines is 1. The van der Waals surface area contributed by atoms with Gasteiger partial charge in [0.1, 0.15) is 11.6 Å². The summed E-state index contributed by atoms with van der Waals surface area (Å²) in [7, 11) is -3.91. The summed E-state index contributed by atoms with van der Waals surface area (Å²) in [6.45, 7) is 3.03. The van der Waals surface area contributed by atoms with Gasteiger partial charge in [0.15, 0.2) is 0 Å². The number of amides is 1. The van der Waals surface area contributed by atoms with Gasteiger partial charge >= 0.3 is 7.75 Å². The molecule has 0 spiro atoms. The van der Waals surface area contributed by atoms with Crippen molar-refractivity contribution < 1.29 is 33.2 Å². The molecule has 1 saturated heterocycles. The third-order valence-electron chi connectivity index (χ3n) is 5.90. The Balaban J connectivity index is 1.39. The molecule has 2 aromatic rings. The van der Waals surface area contributed by atoms with Gasteiger partial charge < -0.3 is 24.9 Å². The second-order valence-corrected chi connectivity index (χ2v) is 10.2. The maximum absolute atomic E-state index is 12.4. The van der Waals surface area contributed by atoms with Crippen LogP contribution >= 0.6 is 7.75 Å². The first-order valence-electron chi connectivity index (χ1n) is 12.4. The number of nitrogens with two attached hydrogens (primary N) is 1. The van der Waals surface area contributed by atoms with Crippen LogP contribution in [0.25, 0.3) is 16.8 Å². The fourth-order valence-corrected chi connectivity index (χ4v) is 4.44. The SMILES string of the molecule is N#C/C(=C\c1ccc2cc(N3CCCCC3)ccc2c1)C(=O)NCCOCCOCCOP(=O)(NO)ON. The maximum Gasteiger partial charge on any atom is 0.444 e. The van der Waals surface area contributed by atoms with Crippen LogP contribution in [-0.2, 0) is 28.0 Å². The van der Waals surface area contributed by atoms with Gasteiger partial charge in [0, 0.05) is 25.3 Å². The van der Waals surface area contributed by atoms with E-state index in [0.717, 1.165) is 29.4 Å². The summed E-state index contributed by atoms with van der Waals surface area (Å²) in [5.41, 5.74) is 2.01. The Morgan fingerprint density at radius 1 is 1.05 bits per heavy atom. The van der Waals surface area contributed by atoms with E-state index in [1.807, 2.05) is 24.3 Å². The molecule has 1 atom stereocenters. The van der Waals surface area contributed by atoms with Gasteiger partial charge in [0.05, 0.1) is 33.0 Å². The first kappa shape index (κ1) is 29.7. The predicted molar refractivity (Wildman–Crippen MR) is 142 cm³/mol. The Bertz CT molecular complexity index is 1170. The van der Waals surface area contributed by atoms with Gasteiger partial charge in [0.2, 0.25) is 0 Å². The topological polar surface area (TPSA) is 168 Å². The molecule has 0 aromatic heterocycles. The van der Waals surface area contributed by atoms with Crippen LogP contribution in [0.5, 0.6) is 0 Å². The molecule has 12 nitrogen and oxygen atoms in total. The lowest BCUT2D eigenvalue weighted by Crippen LogP contribution is -2.29. The molecule has 1 aliphatic heterocycles. The monoisotopic (exact) mass is 547 g/mol. The van der Waals surface area contributed by atoms with Crippen LogP contribution < -0.4 is 21.4 Å². The highest BCUT2D eigenvalue weighted by atomic mass is 31.2. The number of fused-ring (bicyclic) bond motifs is 1. The number of hydrogen-bond acceptors (Lipinski definition) is 10. The minimum absolute atomic E-state index is 0.00809. The fourth-order valence-electron chi connectivity index (χ4n) is 3.96. The number of nitrogens with one attached hydrogen (secondary N) is 2. The van der Waals surface area contributed by atoms with Gasteiger partial charge in [-0.05, 0) is 59.9 Å². The average molecular weight is 548 g/mol. The summed E-state index contributed by atoms with van der Waals surface area (Å²) in [5.74, 6) is 4.26. The standard InChI is InChI=1S/C25H34N5O7P/c26-19-23(25(31)28-8-11-34-12-13-35-14-15-36-38(33,29-32)37-27)17-20-4-5-22-18-24(7-6-21(22)16-20)30-9-2-1-3-10-30/h4-7,16-18,32H,1-3,8-15,27H2,(H,28,31)(H,29,33)/b23-17+. The van der Waals surface area contributed by atoms with Gasteiger partial charge in [-0.25, -0.2) is 15.1 Å². The van der Waals surface area contributed by atoms with Crippen LogP contribution in [0, 0.1) is 11.3 Å². The van der Waals surface area contributed by atoms with E-state index in [2.05, 4.69) is 33.0 Å². The Kier molecular flexibility index (Phi) is 12.1. The van der Waals surface area contributed by atoms with Crippen LogP contribution in [0.4, 0.5) is 5.69 Å². The normalized spacial score (nSPS) is 15.7. The number of hydrogen-bond donors (Lipinski definition) is 4. The zero-order valence-electron chi connectivity index (χ0n) is 21.1. The van der Waals surface area contributed by atoms with E-state index in [1.54, 1.807) is 6.08 Å². The van der Waals surface area contributed by atoms with Gasteiger partial charge in [-0.15, -0.1) is 5.25 Å². The zero-order valence-corrected chi connectivity index (χ0v) is 22.0. The number of ether oxygens (including phenoxy) is 2. The van der Waals surface area contributed by atoms with Crippen molar-refractivity contribution in [1.29, 1.82) is 5.26 Å². The minimum atomic E-state index is -3.91. The van der Waals surface area contributed by atoms with Gasteiger partial charge in [0.25, 0.3) is 5.91 Å². The molecule has 1 heterocycles. The molecule has 1 fully saturated rings. The number of rotatable bonds is 15. The maximum atomic E-state index is 12.4. The van der Waals surface area contributed by atoms with Crippen molar-refractivity contribution in [1.82, 2.24) is 10.6 Å². The number of carbonyl (C=O) groups excluding carboxylic acids is 1. The van der Waals surface area contributed by atoms with Crippen LogP contribution in [0.1, 0.15) is 24.8 Å². The van der Waals surface area contributed by atoms with Crippen LogP contribution in [-0.4, -0.2) is 63.8 Å². The summed E-state index contributed by atoms with van der Waals surface area (Å²) < 4.78 is 30.7. The molecule has 1 amide bonds. The molecular formula is C25H34N5O7P. The van der Waals surface area contributed by atoms with E-state index in [4.69, 9.17) is 25.1 Å². The molecule has 1 aliphatic rings. The number of benzene rings is 2.